The van der Waals surface area contributed by atoms with Gasteiger partial charge in [-0.25, -0.2) is 0 Å². The van der Waals surface area contributed by atoms with E-state index in [2.05, 4.69) is 23.6 Å². The Bertz CT molecular complexity index is 388. The Balaban J connectivity index is 1.80. The van der Waals surface area contributed by atoms with Crippen LogP contribution in [-0.4, -0.2) is 0 Å². The molecule has 2 aliphatic rings. The third-order valence-corrected chi connectivity index (χ3v) is 3.61. The summed E-state index contributed by atoms with van der Waals surface area (Å²) in [5.41, 5.74) is 6.90. The van der Waals surface area contributed by atoms with Crippen LogP contribution in [0.2, 0.25) is 0 Å². The van der Waals surface area contributed by atoms with Crippen molar-refractivity contribution in [1.29, 1.82) is 0 Å². The van der Waals surface area contributed by atoms with Gasteiger partial charge in [0.1, 0.15) is 0 Å². The van der Waals surface area contributed by atoms with Crippen LogP contribution in [0.4, 0.5) is 0 Å². The van der Waals surface area contributed by atoms with E-state index in [1.165, 1.54) is 29.5 Å². The van der Waals surface area contributed by atoms with Gasteiger partial charge in [-0.3, -0.25) is 11.3 Å². The summed E-state index contributed by atoms with van der Waals surface area (Å²) in [7, 11) is 0. The Morgan fingerprint density at radius 2 is 2.12 bits per heavy atom. The molecule has 16 heavy (non-hydrogen) atoms. The number of nitrogens with two attached hydrogens (primary N) is 1. The average Bonchev–Trinajstić information content (AvgIpc) is 3.01. The number of hydrogen-bond donors (Lipinski definition) is 2. The van der Waals surface area contributed by atoms with Crippen molar-refractivity contribution < 1.29 is 4.74 Å². The first-order valence-corrected chi connectivity index (χ1v) is 6.02. The smallest absolute Gasteiger partial charge is 0.0725 e. The van der Waals surface area contributed by atoms with Crippen molar-refractivity contribution in [3.8, 4) is 0 Å². The highest BCUT2D eigenvalue weighted by Gasteiger charge is 2.26. The highest BCUT2D eigenvalue weighted by atomic mass is 16.5. The lowest BCUT2D eigenvalue weighted by atomic mass is 9.98. The molecule has 3 nitrogen and oxygen atoms in total. The molecule has 86 valence electrons. The molecule has 1 aromatic rings. The summed E-state index contributed by atoms with van der Waals surface area (Å²) < 4.78 is 5.43. The number of ether oxygens (including phenoxy) is 1. The first-order chi connectivity index (χ1) is 7.86. The van der Waals surface area contributed by atoms with Gasteiger partial charge in [0.15, 0.2) is 0 Å². The Hall–Kier alpha value is -0.900. The highest BCUT2D eigenvalue weighted by molar-refractivity contribution is 5.34. The van der Waals surface area contributed by atoms with Crippen LogP contribution in [0.1, 0.15) is 42.0 Å². The van der Waals surface area contributed by atoms with E-state index in [4.69, 9.17) is 10.6 Å². The normalized spacial score (nSPS) is 20.8. The fraction of sp³-hybridized carbons (Fsp3) is 0.538. The van der Waals surface area contributed by atoms with E-state index in [1.807, 2.05) is 0 Å². The molecule has 1 aromatic carbocycles. The quantitative estimate of drug-likeness (QED) is 0.600. The second-order valence-electron chi connectivity index (χ2n) is 4.92. The van der Waals surface area contributed by atoms with E-state index >= 15 is 0 Å². The maximum atomic E-state index is 5.64. The van der Waals surface area contributed by atoms with Gasteiger partial charge >= 0.3 is 0 Å². The Labute approximate surface area is 95.9 Å². The maximum Gasteiger partial charge on any atom is 0.0725 e. The van der Waals surface area contributed by atoms with Gasteiger partial charge in [-0.1, -0.05) is 31.0 Å². The van der Waals surface area contributed by atoms with E-state index in [1.54, 1.807) is 0 Å². The van der Waals surface area contributed by atoms with Crippen LogP contribution >= 0.6 is 0 Å². The van der Waals surface area contributed by atoms with Gasteiger partial charge in [-0.05, 0) is 29.0 Å². The molecule has 0 saturated heterocycles. The summed E-state index contributed by atoms with van der Waals surface area (Å²) in [5.74, 6) is 6.52. The maximum absolute atomic E-state index is 5.64. The molecule has 1 heterocycles. The van der Waals surface area contributed by atoms with Gasteiger partial charge < -0.3 is 4.74 Å². The molecule has 1 aliphatic carbocycles. The van der Waals surface area contributed by atoms with Gasteiger partial charge in [0, 0.05) is 6.04 Å². The largest absolute Gasteiger partial charge is 0.372 e. The molecule has 3 N–H and O–H groups in total. The molecular weight excluding hydrogens is 200 g/mol. The van der Waals surface area contributed by atoms with Crippen LogP contribution < -0.4 is 11.3 Å². The predicted octanol–water partition coefficient (Wildman–Crippen LogP) is 2.02. The number of hydrazine groups is 1. The van der Waals surface area contributed by atoms with Crippen molar-refractivity contribution in [1.82, 2.24) is 5.43 Å². The zero-order valence-electron chi connectivity index (χ0n) is 9.41. The summed E-state index contributed by atoms with van der Waals surface area (Å²) in [5, 5.41) is 0. The number of nitrogens with one attached hydrogen (secondary N) is 1. The molecule has 0 bridgehead atoms. The molecule has 1 saturated carbocycles. The van der Waals surface area contributed by atoms with Crippen molar-refractivity contribution in [2.45, 2.75) is 38.5 Å². The number of hydrogen-bond acceptors (Lipinski definition) is 3. The van der Waals surface area contributed by atoms with E-state index in [0.29, 0.717) is 6.04 Å². The summed E-state index contributed by atoms with van der Waals surface area (Å²) in [6.07, 6.45) is 3.90. The van der Waals surface area contributed by atoms with Crippen LogP contribution in [0.3, 0.4) is 0 Å². The highest BCUT2D eigenvalue weighted by Crippen LogP contribution is 2.37. The van der Waals surface area contributed by atoms with Gasteiger partial charge in [0.05, 0.1) is 13.2 Å². The summed E-state index contributed by atoms with van der Waals surface area (Å²) >= 11 is 0. The van der Waals surface area contributed by atoms with E-state index < -0.39 is 0 Å². The van der Waals surface area contributed by atoms with E-state index in [-0.39, 0.29) is 0 Å². The van der Waals surface area contributed by atoms with Gasteiger partial charge in [-0.2, -0.15) is 0 Å². The Morgan fingerprint density at radius 1 is 1.31 bits per heavy atom. The lowest BCUT2D eigenvalue weighted by molar-refractivity contribution is 0.134. The zero-order chi connectivity index (χ0) is 11.0. The molecule has 1 aliphatic heterocycles. The predicted molar refractivity (Wildman–Crippen MR) is 62.3 cm³/mol. The van der Waals surface area contributed by atoms with Crippen molar-refractivity contribution >= 4 is 0 Å². The standard InChI is InChI=1S/C13H18N2O/c14-15-13(5-9-1-2-9)10-3-4-11-7-16-8-12(11)6-10/h3-4,6,9,13,15H,1-2,5,7-8,14H2. The van der Waals surface area contributed by atoms with Crippen LogP contribution in [0.25, 0.3) is 0 Å². The minimum absolute atomic E-state index is 0.304. The number of rotatable bonds is 4. The van der Waals surface area contributed by atoms with Crippen molar-refractivity contribution in [2.24, 2.45) is 11.8 Å². The van der Waals surface area contributed by atoms with E-state index in [0.717, 1.165) is 25.6 Å². The fourth-order valence-electron chi connectivity index (χ4n) is 2.40. The SMILES string of the molecule is NNC(CC1CC1)c1ccc2c(c1)COC2. The first kappa shape index (κ1) is 10.3. The van der Waals surface area contributed by atoms with Crippen molar-refractivity contribution in [2.75, 3.05) is 0 Å². The average molecular weight is 218 g/mol. The number of fused-ring (bicyclic) bond motifs is 1. The number of benzene rings is 1. The lowest BCUT2D eigenvalue weighted by Crippen LogP contribution is -2.28. The monoisotopic (exact) mass is 218 g/mol. The molecule has 0 radical (unpaired) electrons. The molecule has 1 atom stereocenters. The molecule has 0 spiro atoms. The third kappa shape index (κ3) is 1.98. The van der Waals surface area contributed by atoms with Gasteiger partial charge in [0.2, 0.25) is 0 Å². The van der Waals surface area contributed by atoms with Crippen LogP contribution in [-0.2, 0) is 18.0 Å². The van der Waals surface area contributed by atoms with Gasteiger partial charge in [-0.15, -0.1) is 0 Å². The fourth-order valence-corrected chi connectivity index (χ4v) is 2.40. The van der Waals surface area contributed by atoms with Crippen molar-refractivity contribution in [3.63, 3.8) is 0 Å². The molecular formula is C13H18N2O. The Kier molecular flexibility index (Phi) is 2.67. The lowest BCUT2D eigenvalue weighted by Gasteiger charge is -2.16. The second kappa shape index (κ2) is 4.17. The van der Waals surface area contributed by atoms with Crippen LogP contribution in [0.15, 0.2) is 18.2 Å². The molecule has 0 aromatic heterocycles. The molecule has 1 fully saturated rings. The Morgan fingerprint density at radius 3 is 2.88 bits per heavy atom. The topological polar surface area (TPSA) is 47.3 Å². The summed E-state index contributed by atoms with van der Waals surface area (Å²) in [4.78, 5) is 0. The minimum atomic E-state index is 0.304. The molecule has 0 amide bonds. The van der Waals surface area contributed by atoms with Crippen molar-refractivity contribution in [3.05, 3.63) is 34.9 Å². The second-order valence-corrected chi connectivity index (χ2v) is 4.92. The third-order valence-electron chi connectivity index (χ3n) is 3.61. The summed E-state index contributed by atoms with van der Waals surface area (Å²) in [6, 6.07) is 6.91. The van der Waals surface area contributed by atoms with Crippen LogP contribution in [0, 0.1) is 5.92 Å². The zero-order valence-corrected chi connectivity index (χ0v) is 9.41. The minimum Gasteiger partial charge on any atom is -0.372 e. The van der Waals surface area contributed by atoms with Gasteiger partial charge in [0.25, 0.3) is 0 Å². The summed E-state index contributed by atoms with van der Waals surface area (Å²) in [6.45, 7) is 1.52. The molecule has 3 heteroatoms. The van der Waals surface area contributed by atoms with Crippen LogP contribution in [0.5, 0.6) is 0 Å². The van der Waals surface area contributed by atoms with E-state index in [9.17, 15) is 0 Å². The first-order valence-electron chi connectivity index (χ1n) is 6.02. The molecule has 3 rings (SSSR count). The molecule has 1 unspecified atom stereocenters.